The van der Waals surface area contributed by atoms with Gasteiger partial charge >= 0.3 is 33.0 Å². The molecule has 1 fully saturated rings. The van der Waals surface area contributed by atoms with Crippen molar-refractivity contribution in [3.63, 3.8) is 0 Å². The largest absolute Gasteiger partial charge is 0.0622 e. The van der Waals surface area contributed by atoms with Gasteiger partial charge in [0.1, 0.15) is 0 Å². The summed E-state index contributed by atoms with van der Waals surface area (Å²) in [7, 11) is -12.4. The van der Waals surface area contributed by atoms with E-state index >= 15 is 0 Å². The van der Waals surface area contributed by atoms with E-state index < -0.39 is 15.7 Å². The molecule has 0 saturated heterocycles. The molecule has 0 heterocycles. The van der Waals surface area contributed by atoms with Crippen molar-refractivity contribution >= 4 is 71.3 Å². The van der Waals surface area contributed by atoms with Crippen LogP contribution in [0.15, 0.2) is 182 Å². The number of halogens is 6. The van der Waals surface area contributed by atoms with Gasteiger partial charge in [-0.3, -0.25) is 0 Å². The Morgan fingerprint density at radius 3 is 0.627 bits per heavy atom. The first-order chi connectivity index (χ1) is 27.8. The zero-order valence-electron chi connectivity index (χ0n) is 33.0. The molecule has 316 valence electrons. The van der Waals surface area contributed by atoms with Crippen molar-refractivity contribution in [2.45, 2.75) is 32.1 Å². The van der Waals surface area contributed by atoms with E-state index in [1.807, 2.05) is 0 Å². The summed E-state index contributed by atoms with van der Waals surface area (Å²) >= 11 is 0. The summed E-state index contributed by atoms with van der Waals surface area (Å²) in [5, 5.41) is 9.06. The van der Waals surface area contributed by atoms with Gasteiger partial charge in [-0.2, -0.15) is 0 Å². The van der Waals surface area contributed by atoms with Crippen molar-refractivity contribution < 1.29 is 42.3 Å². The van der Waals surface area contributed by atoms with Crippen molar-refractivity contribution in [2.75, 3.05) is 37.0 Å². The van der Waals surface area contributed by atoms with Crippen LogP contribution in [0, 0.1) is 0 Å². The molecular weight excluding hydrogens is 889 g/mol. The van der Waals surface area contributed by atoms with Gasteiger partial charge in [-0.15, -0.1) is 0 Å². The molecule has 0 aromatic heterocycles. The Balaban J connectivity index is 0.000000512. The van der Waals surface area contributed by atoms with Gasteiger partial charge in [-0.05, 0) is 55.6 Å². The van der Waals surface area contributed by atoms with Crippen molar-refractivity contribution in [2.24, 2.45) is 0 Å². The summed E-state index contributed by atoms with van der Waals surface area (Å²) in [5.41, 5.74) is 0. The third-order valence-corrected chi connectivity index (χ3v) is 21.4. The second-order valence-corrected chi connectivity index (χ2v) is 26.1. The Morgan fingerprint density at radius 2 is 0.475 bits per heavy atom. The summed E-state index contributed by atoms with van der Waals surface area (Å²) in [4.78, 5) is 0. The molecule has 1 saturated carbocycles. The van der Waals surface area contributed by atoms with E-state index in [-0.39, 0.29) is 40.8 Å². The van der Waals surface area contributed by atoms with Gasteiger partial charge in [0.15, 0.2) is 0 Å². The summed E-state index contributed by atoms with van der Waals surface area (Å²) in [6.45, 7) is 0. The van der Waals surface area contributed by atoms with Gasteiger partial charge in [-0.1, -0.05) is 214 Å². The van der Waals surface area contributed by atoms with E-state index in [4.69, 9.17) is 0 Å². The van der Waals surface area contributed by atoms with Crippen LogP contribution < -0.4 is 31.8 Å². The standard InChI is InChI=1S/C42H42P4.C5H10.F6P.Fe/c1-7-19-37(20-8-1)44(38-21-9-2-10-22-38)34-31-43(32-35-45(39-23-11-3-12-24-39)40-25-13-4-14-26-40)33-36-46(41-27-15-5-16-28-41)42-29-17-6-18-30-42;1-2-4-5-3-1;1-7(2,3,4,5)6;/h1-30H,31-36H2;1-5H2;;/q;;-1;/p+1. The first kappa shape index (κ1) is 49.2. The van der Waals surface area contributed by atoms with Crippen molar-refractivity contribution in [3.8, 4) is 0 Å². The quantitative estimate of drug-likeness (QED) is 0.0547. The summed E-state index contributed by atoms with van der Waals surface area (Å²) in [6.07, 6.45) is 15.4. The molecule has 0 aliphatic heterocycles. The molecule has 6 aromatic rings. The fourth-order valence-electron chi connectivity index (χ4n) is 6.94. The molecule has 59 heavy (non-hydrogen) atoms. The zero-order chi connectivity index (χ0) is 41.2. The van der Waals surface area contributed by atoms with Crippen molar-refractivity contribution in [1.29, 1.82) is 0 Å². The first-order valence-electron chi connectivity index (χ1n) is 19.8. The Labute approximate surface area is 362 Å². The zero-order valence-corrected chi connectivity index (χ0v) is 38.7. The number of benzene rings is 6. The average Bonchev–Trinajstić information content (AvgIpc) is 3.83. The Hall–Kier alpha value is -2.43. The van der Waals surface area contributed by atoms with E-state index in [1.165, 1.54) is 101 Å². The molecule has 0 bridgehead atoms. The predicted octanol–water partition coefficient (Wildman–Crippen LogP) is 13.9. The minimum atomic E-state index is -10.7. The fraction of sp³-hybridized carbons (Fsp3) is 0.234. The molecule has 12 heteroatoms. The number of hydrogen-bond acceptors (Lipinski definition) is 0. The maximum absolute atomic E-state index is 10.7. The van der Waals surface area contributed by atoms with Crippen molar-refractivity contribution in [3.05, 3.63) is 182 Å². The molecule has 0 nitrogen and oxygen atoms in total. The summed E-state index contributed by atoms with van der Waals surface area (Å²) < 4.78 is 59.2. The Bertz CT molecular complexity index is 1670. The van der Waals surface area contributed by atoms with Gasteiger partial charge in [0, 0.05) is 43.5 Å². The second kappa shape index (κ2) is 23.7. The van der Waals surface area contributed by atoms with Crippen molar-refractivity contribution in [1.82, 2.24) is 0 Å². The fourth-order valence-corrected chi connectivity index (χ4v) is 19.8. The number of rotatable bonds is 15. The van der Waals surface area contributed by atoms with E-state index in [0.717, 1.165) is 0 Å². The first-order valence-corrected chi connectivity index (χ1v) is 28.6. The van der Waals surface area contributed by atoms with Crippen LogP contribution in [0.4, 0.5) is 25.2 Å². The van der Waals surface area contributed by atoms with Crippen LogP contribution in [0.3, 0.4) is 0 Å². The molecule has 7 rings (SSSR count). The minimum Gasteiger partial charge on any atom is -0.0622 e. The van der Waals surface area contributed by atoms with E-state index in [0.29, 0.717) is 0 Å². The van der Waals surface area contributed by atoms with Gasteiger partial charge in [-0.25, -0.2) is 0 Å². The van der Waals surface area contributed by atoms with Crippen LogP contribution in [0.2, 0.25) is 0 Å². The Kier molecular flexibility index (Phi) is 19.8. The topological polar surface area (TPSA) is 0 Å². The van der Waals surface area contributed by atoms with Crippen LogP contribution in [0.25, 0.3) is 0 Å². The molecule has 0 N–H and O–H groups in total. The third-order valence-electron chi connectivity index (χ3n) is 9.72. The maximum Gasteiger partial charge on any atom is 0.0617 e. The summed E-state index contributed by atoms with van der Waals surface area (Å²) in [6, 6.07) is 67.9. The normalized spacial score (nSPS) is 13.7. The van der Waals surface area contributed by atoms with Gasteiger partial charge in [0.25, 0.3) is 0 Å². The minimum absolute atomic E-state index is 0. The van der Waals surface area contributed by atoms with Gasteiger partial charge in [0.05, 0.1) is 18.5 Å². The third kappa shape index (κ3) is 19.9. The Morgan fingerprint density at radius 1 is 0.322 bits per heavy atom. The maximum atomic E-state index is 9.87. The average molecular weight is 943 g/mol. The molecule has 1 aliphatic carbocycles. The smallest absolute Gasteiger partial charge is 0.0617 e. The van der Waals surface area contributed by atoms with Gasteiger partial charge < -0.3 is 0 Å². The molecule has 6 aromatic carbocycles. The molecule has 0 spiro atoms. The van der Waals surface area contributed by atoms with Gasteiger partial charge in [0.2, 0.25) is 0 Å². The number of hydrogen-bond donors (Lipinski definition) is 0. The SMILES string of the molecule is C1CCCC1.F[P-](F)(F)(F)(F)F.[Fe].c1ccc(P(CC[PH+](CCP(c2ccccc2)c2ccccc2)CCP(c2ccccc2)c2ccccc2)c2ccccc2)cc1. The summed E-state index contributed by atoms with van der Waals surface area (Å²) in [5.74, 6) is 0. The van der Waals surface area contributed by atoms with Crippen LogP contribution in [-0.4, -0.2) is 37.0 Å². The molecule has 0 unspecified atom stereocenters. The predicted molar refractivity (Wildman–Crippen MR) is 251 cm³/mol. The molecule has 1 aliphatic rings. The molecule has 0 radical (unpaired) electrons. The van der Waals surface area contributed by atoms with E-state index in [9.17, 15) is 25.2 Å². The van der Waals surface area contributed by atoms with Crippen LogP contribution in [0.5, 0.6) is 0 Å². The van der Waals surface area contributed by atoms with E-state index in [2.05, 4.69) is 182 Å². The van der Waals surface area contributed by atoms with E-state index in [1.54, 1.807) is 0 Å². The molecule has 0 atom stereocenters. The van der Waals surface area contributed by atoms with Crippen LogP contribution in [-0.2, 0) is 17.1 Å². The molecular formula is C47H53F6FeP5. The second-order valence-electron chi connectivity index (χ2n) is 14.2. The monoisotopic (exact) mass is 942 g/mol. The van der Waals surface area contributed by atoms with Crippen LogP contribution >= 0.6 is 39.5 Å². The van der Waals surface area contributed by atoms with Crippen LogP contribution in [0.1, 0.15) is 32.1 Å². The molecule has 0 amide bonds.